The molecule has 1 aromatic rings. The molecule has 0 aliphatic carbocycles. The van der Waals surface area contributed by atoms with E-state index in [0.29, 0.717) is 0 Å². The zero-order valence-corrected chi connectivity index (χ0v) is 9.86. The van der Waals surface area contributed by atoms with Gasteiger partial charge in [-0.25, -0.2) is 0 Å². The van der Waals surface area contributed by atoms with E-state index < -0.39 is 27.5 Å². The van der Waals surface area contributed by atoms with Crippen molar-refractivity contribution < 1.29 is 28.7 Å². The van der Waals surface area contributed by atoms with Gasteiger partial charge in [-0.05, 0) is 11.1 Å². The summed E-state index contributed by atoms with van der Waals surface area (Å²) in [5.41, 5.74) is 0.535. The molecule has 0 aliphatic rings. The lowest BCUT2D eigenvalue weighted by Crippen LogP contribution is -2.16. The maximum atomic E-state index is 10.4. The first-order valence-corrected chi connectivity index (χ1v) is 7.71. The van der Waals surface area contributed by atoms with E-state index in [0.717, 1.165) is 0 Å². The van der Waals surface area contributed by atoms with Crippen LogP contribution in [-0.4, -0.2) is 0 Å². The summed E-state index contributed by atoms with van der Waals surface area (Å²) in [6.07, 6.45) is -1.25. The van der Waals surface area contributed by atoms with Gasteiger partial charge in [0.05, 0.1) is 0 Å². The molecule has 0 fully saturated rings. The molecule has 0 spiro atoms. The van der Waals surface area contributed by atoms with Gasteiger partial charge in [0.2, 0.25) is 0 Å². The Bertz CT molecular complexity index is 399. The van der Waals surface area contributed by atoms with Crippen LogP contribution in [0.2, 0.25) is 0 Å². The molecule has 90 valence electrons. The minimum atomic E-state index is -4.62. The Morgan fingerprint density at radius 3 is 1.19 bits per heavy atom. The Kier molecular flexibility index (Phi) is 4.07. The molecule has 0 unspecified atom stereocenters. The Hall–Kier alpha value is -0.480. The van der Waals surface area contributed by atoms with E-state index in [1.165, 1.54) is 24.3 Å². The van der Waals surface area contributed by atoms with Crippen LogP contribution < -0.4 is 19.6 Å². The summed E-state index contributed by atoms with van der Waals surface area (Å²) in [6.45, 7) is 0. The molecule has 0 aromatic heterocycles. The van der Waals surface area contributed by atoms with Gasteiger partial charge in [-0.2, -0.15) is 0 Å². The summed E-state index contributed by atoms with van der Waals surface area (Å²) >= 11 is 0. The number of benzene rings is 1. The van der Waals surface area contributed by atoms with Crippen molar-refractivity contribution >= 4 is 15.2 Å². The summed E-state index contributed by atoms with van der Waals surface area (Å²) in [7, 11) is -9.24. The molecule has 0 radical (unpaired) electrons. The third-order valence-electron chi connectivity index (χ3n) is 1.78. The molecule has 0 amide bonds. The average molecular weight is 262 g/mol. The predicted molar refractivity (Wildman–Crippen MR) is 49.1 cm³/mol. The fourth-order valence-corrected chi connectivity index (χ4v) is 2.51. The van der Waals surface area contributed by atoms with Crippen LogP contribution in [0.3, 0.4) is 0 Å². The zero-order chi connectivity index (χ0) is 12.4. The molecule has 0 N–H and O–H groups in total. The van der Waals surface area contributed by atoms with E-state index in [1.807, 2.05) is 0 Å². The monoisotopic (exact) mass is 262 g/mol. The molecule has 0 atom stereocenters. The highest BCUT2D eigenvalue weighted by molar-refractivity contribution is 7.48. The molecular weight excluding hydrogens is 254 g/mol. The van der Waals surface area contributed by atoms with E-state index in [2.05, 4.69) is 0 Å². The minimum Gasteiger partial charge on any atom is -0.810 e. The second-order valence-electron chi connectivity index (χ2n) is 3.35. The molecule has 1 rings (SSSR count). The van der Waals surface area contributed by atoms with Gasteiger partial charge in [-0.15, -0.1) is 0 Å². The van der Waals surface area contributed by atoms with Gasteiger partial charge in [0.1, 0.15) is 0 Å². The van der Waals surface area contributed by atoms with Gasteiger partial charge in [0, 0.05) is 12.3 Å². The van der Waals surface area contributed by atoms with Crippen molar-refractivity contribution in [3.63, 3.8) is 0 Å². The van der Waals surface area contributed by atoms with Crippen LogP contribution in [0.5, 0.6) is 0 Å². The third-order valence-corrected chi connectivity index (χ3v) is 3.28. The Balaban J connectivity index is 2.76. The van der Waals surface area contributed by atoms with Gasteiger partial charge in [-0.1, -0.05) is 39.5 Å². The van der Waals surface area contributed by atoms with Crippen molar-refractivity contribution in [2.75, 3.05) is 0 Å². The largest absolute Gasteiger partial charge is 0.810 e. The van der Waals surface area contributed by atoms with E-state index in [1.54, 1.807) is 0 Å². The standard InChI is InChI=1S/C8H12O6P2/c9-15(10,11)5-7-1-2-8(4-3-7)6-16(12,13)14/h1-4H,5-6H2,(H2,9,10,11)(H2,12,13,14)/p-4. The first kappa shape index (κ1) is 13.6. The maximum absolute atomic E-state index is 10.4. The van der Waals surface area contributed by atoms with Crippen molar-refractivity contribution in [2.24, 2.45) is 0 Å². The zero-order valence-electron chi connectivity index (χ0n) is 8.07. The average Bonchev–Trinajstić information content (AvgIpc) is 2.03. The van der Waals surface area contributed by atoms with Crippen LogP contribution in [0.4, 0.5) is 0 Å². The lowest BCUT2D eigenvalue weighted by atomic mass is 10.2. The quantitative estimate of drug-likeness (QED) is 0.608. The van der Waals surface area contributed by atoms with E-state index in [9.17, 15) is 28.7 Å². The molecule has 0 heterocycles. The molecule has 1 aromatic carbocycles. The molecule has 8 heteroatoms. The van der Waals surface area contributed by atoms with E-state index in [4.69, 9.17) is 0 Å². The third kappa shape index (κ3) is 5.56. The summed E-state index contributed by atoms with van der Waals surface area (Å²) in [5.74, 6) is 0. The van der Waals surface area contributed by atoms with E-state index >= 15 is 0 Å². The minimum absolute atomic E-state index is 0.267. The molecule has 0 bridgehead atoms. The maximum Gasteiger partial charge on any atom is 0.000222 e. The van der Waals surface area contributed by atoms with Crippen LogP contribution >= 0.6 is 15.2 Å². The topological polar surface area (TPSA) is 126 Å². The fraction of sp³-hybridized carbons (Fsp3) is 0.250. The molecule has 16 heavy (non-hydrogen) atoms. The first-order valence-electron chi connectivity index (χ1n) is 4.26. The van der Waals surface area contributed by atoms with Gasteiger partial charge in [-0.3, -0.25) is 0 Å². The lowest BCUT2D eigenvalue weighted by Gasteiger charge is -2.30. The second kappa shape index (κ2) is 4.80. The Labute approximate surface area is 92.3 Å². The first-order chi connectivity index (χ1) is 7.16. The summed E-state index contributed by atoms with van der Waals surface area (Å²) < 4.78 is 20.9. The molecule has 0 saturated carbocycles. The Morgan fingerprint density at radius 2 is 1.00 bits per heavy atom. The van der Waals surface area contributed by atoms with Gasteiger partial charge in [0.25, 0.3) is 0 Å². The smallest absolute Gasteiger partial charge is 0.000222 e. The van der Waals surface area contributed by atoms with Gasteiger partial charge < -0.3 is 28.7 Å². The van der Waals surface area contributed by atoms with Crippen LogP contribution in [0.15, 0.2) is 24.3 Å². The highest BCUT2D eigenvalue weighted by atomic mass is 31.2. The van der Waals surface area contributed by atoms with Crippen LogP contribution in [-0.2, 0) is 21.5 Å². The molecular formula is C8H8O6P2-4. The van der Waals surface area contributed by atoms with Gasteiger partial charge in [0.15, 0.2) is 0 Å². The number of hydrogen-bond donors (Lipinski definition) is 0. The summed E-state index contributed by atoms with van der Waals surface area (Å²) in [5, 5.41) is 0. The molecule has 6 nitrogen and oxygen atoms in total. The van der Waals surface area contributed by atoms with Crippen molar-refractivity contribution in [3.05, 3.63) is 35.4 Å². The predicted octanol–water partition coefficient (Wildman–Crippen LogP) is -1.49. The lowest BCUT2D eigenvalue weighted by molar-refractivity contribution is -0.316. The molecule has 0 saturated heterocycles. The van der Waals surface area contributed by atoms with E-state index in [-0.39, 0.29) is 11.1 Å². The number of rotatable bonds is 4. The second-order valence-corrected chi connectivity index (χ2v) is 6.43. The Morgan fingerprint density at radius 1 is 0.750 bits per heavy atom. The van der Waals surface area contributed by atoms with Crippen LogP contribution in [0, 0.1) is 0 Å². The fourth-order valence-electron chi connectivity index (χ4n) is 1.20. The normalized spacial score (nSPS) is 12.8. The van der Waals surface area contributed by atoms with Crippen molar-refractivity contribution in [1.82, 2.24) is 0 Å². The van der Waals surface area contributed by atoms with Crippen molar-refractivity contribution in [2.45, 2.75) is 12.3 Å². The van der Waals surface area contributed by atoms with Crippen molar-refractivity contribution in [3.8, 4) is 0 Å². The summed E-state index contributed by atoms with van der Waals surface area (Å²) in [4.78, 5) is 41.8. The van der Waals surface area contributed by atoms with Gasteiger partial charge >= 0.3 is 0 Å². The van der Waals surface area contributed by atoms with Crippen molar-refractivity contribution in [1.29, 1.82) is 0 Å². The van der Waals surface area contributed by atoms with Crippen LogP contribution in [0.25, 0.3) is 0 Å². The highest BCUT2D eigenvalue weighted by Gasteiger charge is 1.99. The molecule has 0 aliphatic heterocycles. The SMILES string of the molecule is O=P([O-])([O-])Cc1ccc(CP(=O)([O-])[O-])cc1. The highest BCUT2D eigenvalue weighted by Crippen LogP contribution is 2.32. The summed E-state index contributed by atoms with van der Waals surface area (Å²) in [6, 6.07) is 5.25. The van der Waals surface area contributed by atoms with Crippen LogP contribution in [0.1, 0.15) is 11.1 Å². The number of hydrogen-bond acceptors (Lipinski definition) is 6.